The van der Waals surface area contributed by atoms with Crippen molar-refractivity contribution in [2.75, 3.05) is 7.05 Å². The average molecular weight is 800 g/mol. The molecule has 2 heterocycles. The predicted molar refractivity (Wildman–Crippen MR) is 197 cm³/mol. The molecule has 15 nitrogen and oxygen atoms in total. The first-order valence-electron chi connectivity index (χ1n) is 19.2. The van der Waals surface area contributed by atoms with Gasteiger partial charge in [-0.05, 0) is 43.8 Å². The predicted octanol–water partition coefficient (Wildman–Crippen LogP) is 2.47. The van der Waals surface area contributed by atoms with Gasteiger partial charge in [0.1, 0.15) is 24.6 Å². The van der Waals surface area contributed by atoms with Gasteiger partial charge >= 0.3 is 35.8 Å². The first-order valence-corrected chi connectivity index (χ1v) is 19.2. The molecule has 1 N–H and O–H groups in total. The molecule has 306 valence electrons. The normalized spacial score (nSPS) is 41.2. The molecule has 58 heavy (non-hydrogen) atoms. The molecule has 2 saturated heterocycles. The number of aliphatic hydroxyl groups is 1. The molecule has 2 spiro atoms. The van der Waals surface area contributed by atoms with Crippen molar-refractivity contribution in [1.82, 2.24) is 4.90 Å². The van der Waals surface area contributed by atoms with E-state index in [-0.39, 0.29) is 16.7 Å². The highest BCUT2D eigenvalue weighted by Gasteiger charge is 2.97. The van der Waals surface area contributed by atoms with Crippen LogP contribution < -0.4 is 0 Å². The van der Waals surface area contributed by atoms with Crippen molar-refractivity contribution in [1.29, 1.82) is 0 Å². The van der Waals surface area contributed by atoms with Gasteiger partial charge in [0, 0.05) is 62.9 Å². The van der Waals surface area contributed by atoms with Gasteiger partial charge in [0.25, 0.3) is 0 Å². The van der Waals surface area contributed by atoms with E-state index >= 15 is 0 Å². The summed E-state index contributed by atoms with van der Waals surface area (Å²) in [7, 11) is 1.72. The van der Waals surface area contributed by atoms with Crippen molar-refractivity contribution in [3.8, 4) is 0 Å². The summed E-state index contributed by atoms with van der Waals surface area (Å²) in [6, 6.07) is 14.2. The molecule has 2 aliphatic heterocycles. The van der Waals surface area contributed by atoms with E-state index < -0.39 is 131 Å². The lowest BCUT2D eigenvalue weighted by Gasteiger charge is -2.71. The maximum atomic E-state index is 14.1. The van der Waals surface area contributed by atoms with Crippen LogP contribution in [0.5, 0.6) is 0 Å². The summed E-state index contributed by atoms with van der Waals surface area (Å²) in [6.45, 7) is 10.6. The van der Waals surface area contributed by atoms with Crippen LogP contribution in [0, 0.1) is 39.9 Å². The van der Waals surface area contributed by atoms with Crippen molar-refractivity contribution in [3.63, 3.8) is 0 Å². The molecule has 8 aliphatic rings. The van der Waals surface area contributed by atoms with Gasteiger partial charge in [-0.25, -0.2) is 9.59 Å². The summed E-state index contributed by atoms with van der Waals surface area (Å²) in [4.78, 5) is 96.8. The lowest BCUT2D eigenvalue weighted by Crippen LogP contribution is -2.82. The highest BCUT2D eigenvalue weighted by atomic mass is 16.6. The third-order valence-corrected chi connectivity index (χ3v) is 14.0. The van der Waals surface area contributed by atoms with E-state index in [9.17, 15) is 38.7 Å². The van der Waals surface area contributed by atoms with Crippen LogP contribution in [0.25, 0.3) is 0 Å². The second-order valence-corrected chi connectivity index (χ2v) is 16.7. The monoisotopic (exact) mass is 799 g/mol. The first kappa shape index (κ1) is 39.4. The van der Waals surface area contributed by atoms with Gasteiger partial charge in [-0.3, -0.25) is 24.1 Å². The fourth-order valence-electron chi connectivity index (χ4n) is 13.0. The van der Waals surface area contributed by atoms with Crippen molar-refractivity contribution >= 4 is 42.1 Å². The van der Waals surface area contributed by atoms with Gasteiger partial charge in [-0.1, -0.05) is 43.0 Å². The quantitative estimate of drug-likeness (QED) is 0.168. The van der Waals surface area contributed by atoms with Gasteiger partial charge in [0.15, 0.2) is 18.3 Å². The van der Waals surface area contributed by atoms with Gasteiger partial charge in [-0.2, -0.15) is 0 Å². The number of benzene rings is 2. The van der Waals surface area contributed by atoms with Crippen LogP contribution in [0.3, 0.4) is 0 Å². The maximum absolute atomic E-state index is 14.1. The number of aliphatic hydroxyl groups excluding tert-OH is 1. The molecule has 6 saturated carbocycles. The van der Waals surface area contributed by atoms with Crippen molar-refractivity contribution in [2.45, 2.75) is 89.4 Å². The third-order valence-electron chi connectivity index (χ3n) is 14.0. The summed E-state index contributed by atoms with van der Waals surface area (Å²) in [6.07, 6.45) is -9.41. The van der Waals surface area contributed by atoms with E-state index in [1.807, 2.05) is 4.90 Å². The number of fused-ring (bicyclic) bond motifs is 1. The number of rotatable bonds is 9. The number of piperidine rings is 1. The Labute approximate surface area is 333 Å². The maximum Gasteiger partial charge on any atom is 0.338 e. The molecule has 0 radical (unpaired) electrons. The van der Waals surface area contributed by atoms with E-state index in [2.05, 4.69) is 6.58 Å². The lowest BCUT2D eigenvalue weighted by molar-refractivity contribution is -0.319. The standard InChI is InChI=1S/C43H45NO14/c1-19-26-29(57-39(51)24-14-10-8-11-15-24)27-34-43-32(28(44(34)7)35(50)42(27,36(19)54-21(3)47)33(43)30(26)53-20(2)46)41(6,18-45)37(55-22(4)48)31(38(43)56-23(5)49)58-40(52)25-16-12-9-13-17-25/h8-18,26-38,50H,1H2,2-7H3. The smallest absolute Gasteiger partial charge is 0.338 e. The largest absolute Gasteiger partial charge is 0.461 e. The van der Waals surface area contributed by atoms with Gasteiger partial charge < -0.3 is 38.3 Å². The minimum absolute atomic E-state index is 0.108. The Morgan fingerprint density at radius 3 is 1.67 bits per heavy atom. The molecule has 0 aromatic heterocycles. The topological polar surface area (TPSA) is 198 Å². The minimum atomic E-state index is -1.79. The number of hydrogen-bond acceptors (Lipinski definition) is 15. The number of aldehydes is 1. The Kier molecular flexibility index (Phi) is 9.23. The van der Waals surface area contributed by atoms with Crippen molar-refractivity contribution in [2.24, 2.45) is 39.9 Å². The number of carbonyl (C=O) groups is 7. The van der Waals surface area contributed by atoms with Gasteiger partial charge in [0.05, 0.1) is 34.0 Å². The van der Waals surface area contributed by atoms with E-state index in [0.29, 0.717) is 6.29 Å². The lowest BCUT2D eigenvalue weighted by atomic mass is 9.36. The molecule has 8 fully saturated rings. The Hall–Kier alpha value is -5.41. The zero-order valence-corrected chi connectivity index (χ0v) is 32.8. The molecule has 15 heteroatoms. The third kappa shape index (κ3) is 5.01. The molecule has 6 aliphatic carbocycles. The molecule has 16 unspecified atom stereocenters. The fourth-order valence-corrected chi connectivity index (χ4v) is 13.0. The number of ether oxygens (including phenoxy) is 6. The van der Waals surface area contributed by atoms with Crippen LogP contribution >= 0.6 is 0 Å². The Morgan fingerprint density at radius 1 is 0.672 bits per heavy atom. The number of hydrogen-bond donors (Lipinski definition) is 1. The van der Waals surface area contributed by atoms with E-state index in [1.165, 1.54) is 32.9 Å². The fraction of sp³-hybridized carbons (Fsp3) is 0.512. The van der Waals surface area contributed by atoms with Crippen LogP contribution in [0.4, 0.5) is 0 Å². The number of esters is 6. The van der Waals surface area contributed by atoms with Crippen LogP contribution in [0.15, 0.2) is 72.8 Å². The van der Waals surface area contributed by atoms with Gasteiger partial charge in [-0.15, -0.1) is 0 Å². The Morgan fingerprint density at radius 2 is 1.17 bits per heavy atom. The van der Waals surface area contributed by atoms with Crippen molar-refractivity contribution in [3.05, 3.63) is 83.9 Å². The number of likely N-dealkylation sites (N-methyl/N-ethyl adjacent to an activating group) is 1. The molecule has 0 amide bonds. The summed E-state index contributed by atoms with van der Waals surface area (Å²) in [5, 5.41) is 13.2. The Bertz CT molecular complexity index is 2110. The van der Waals surface area contributed by atoms with Crippen LogP contribution in [-0.4, -0.2) is 114 Å². The highest BCUT2D eigenvalue weighted by Crippen LogP contribution is 2.85. The number of carbonyl (C=O) groups excluding carboxylic acids is 7. The summed E-state index contributed by atoms with van der Waals surface area (Å²) >= 11 is 0. The summed E-state index contributed by atoms with van der Waals surface area (Å²) in [5.74, 6) is -8.91. The van der Waals surface area contributed by atoms with E-state index in [0.717, 1.165) is 13.8 Å². The zero-order chi connectivity index (χ0) is 41.8. The van der Waals surface area contributed by atoms with Gasteiger partial charge in [0.2, 0.25) is 0 Å². The van der Waals surface area contributed by atoms with Crippen LogP contribution in [0.1, 0.15) is 55.3 Å². The molecule has 10 rings (SSSR count). The molecule has 16 atom stereocenters. The molecule has 2 aromatic carbocycles. The molecular formula is C43H45NO14. The first-order chi connectivity index (χ1) is 27.5. The van der Waals surface area contributed by atoms with E-state index in [1.54, 1.807) is 55.6 Å². The highest BCUT2D eigenvalue weighted by molar-refractivity contribution is 5.90. The SMILES string of the molecule is C=C1C2C(OC(=O)c3ccccc3)C3C4N(C)C5C(O)C3(C1OC(C)=O)C(C2OC(C)=O)C41C(OC(C)=O)C(OC(=O)c2ccccc2)C(OC(C)=O)C(C)(C=O)C51. The molecule has 7 bridgehead atoms. The number of nitrogens with zero attached hydrogens (tertiary/aromatic N) is 1. The zero-order valence-electron chi connectivity index (χ0n) is 32.8. The summed E-state index contributed by atoms with van der Waals surface area (Å²) < 4.78 is 37.5. The van der Waals surface area contributed by atoms with Crippen LogP contribution in [0.2, 0.25) is 0 Å². The molecule has 2 aromatic rings. The van der Waals surface area contributed by atoms with E-state index in [4.69, 9.17) is 28.4 Å². The average Bonchev–Trinajstić information content (AvgIpc) is 3.51. The van der Waals surface area contributed by atoms with Crippen molar-refractivity contribution < 1.29 is 67.1 Å². The Balaban J connectivity index is 1.44. The van der Waals surface area contributed by atoms with Crippen LogP contribution in [-0.2, 0) is 52.4 Å². The minimum Gasteiger partial charge on any atom is -0.461 e. The molecular weight excluding hydrogens is 754 g/mol. The second-order valence-electron chi connectivity index (χ2n) is 16.7. The second kappa shape index (κ2) is 13.6. The summed E-state index contributed by atoms with van der Waals surface area (Å²) in [5.41, 5.74) is -4.50.